The normalized spacial score (nSPS) is 13.2. The number of unbranched alkanes of at least 4 members (excludes halogenated alkanes) is 10. The Morgan fingerprint density at radius 3 is 1.21 bits per heavy atom. The lowest BCUT2D eigenvalue weighted by Crippen LogP contribution is -1.81. The highest BCUT2D eigenvalue weighted by molar-refractivity contribution is 5.21. The van der Waals surface area contributed by atoms with Crippen LogP contribution in [0.5, 0.6) is 0 Å². The van der Waals surface area contributed by atoms with Gasteiger partial charge in [0, 0.05) is 0 Å². The fourth-order valence-electron chi connectivity index (χ4n) is 2.71. The average Bonchev–Trinajstić information content (AvgIpc) is 2.71. The van der Waals surface area contributed by atoms with E-state index in [9.17, 15) is 0 Å². The first-order chi connectivity index (χ1) is 13.9. The third-order valence-corrected chi connectivity index (χ3v) is 4.33. The Balaban J connectivity index is 3.51. The Bertz CT molecular complexity index is 520. The molecule has 0 aromatic heterocycles. The van der Waals surface area contributed by atoms with Crippen LogP contribution >= 0.6 is 0 Å². The molecule has 0 fully saturated rings. The van der Waals surface area contributed by atoms with Crippen molar-refractivity contribution in [1.82, 2.24) is 0 Å². The Morgan fingerprint density at radius 1 is 0.429 bits per heavy atom. The van der Waals surface area contributed by atoms with E-state index in [2.05, 4.69) is 43.9 Å². The van der Waals surface area contributed by atoms with E-state index in [4.69, 9.17) is 0 Å². The summed E-state index contributed by atoms with van der Waals surface area (Å²) in [6.07, 6.45) is 45.6. The van der Waals surface area contributed by atoms with Crippen molar-refractivity contribution < 1.29 is 0 Å². The number of hydrogen-bond donors (Lipinski definition) is 0. The van der Waals surface area contributed by atoms with Crippen LogP contribution in [0.3, 0.4) is 0 Å². The molecule has 0 radical (unpaired) electrons. The zero-order valence-corrected chi connectivity index (χ0v) is 18.1. The van der Waals surface area contributed by atoms with Gasteiger partial charge in [-0.3, -0.25) is 0 Å². The summed E-state index contributed by atoms with van der Waals surface area (Å²) in [5.41, 5.74) is 0. The van der Waals surface area contributed by atoms with Crippen LogP contribution < -0.4 is 0 Å². The van der Waals surface area contributed by atoms with E-state index in [1.165, 1.54) is 70.6 Å². The molecule has 0 unspecified atom stereocenters. The van der Waals surface area contributed by atoms with Crippen LogP contribution in [0, 0.1) is 0 Å². The monoisotopic (exact) mass is 378 g/mol. The summed E-state index contributed by atoms with van der Waals surface area (Å²) in [7, 11) is 0. The van der Waals surface area contributed by atoms with Gasteiger partial charge in [-0.15, -0.1) is 0 Å². The lowest BCUT2D eigenvalue weighted by molar-refractivity contribution is 0.557. The lowest BCUT2D eigenvalue weighted by atomic mass is 10.1. The molecule has 0 amide bonds. The van der Waals surface area contributed by atoms with Gasteiger partial charge < -0.3 is 0 Å². The van der Waals surface area contributed by atoms with Crippen molar-refractivity contribution >= 4 is 0 Å². The molecule has 0 aromatic carbocycles. The van der Waals surface area contributed by atoms with Crippen LogP contribution in [0.25, 0.3) is 0 Å². The fourth-order valence-corrected chi connectivity index (χ4v) is 2.71. The van der Waals surface area contributed by atoms with Crippen LogP contribution in [0.15, 0.2) is 97.7 Å². The highest BCUT2D eigenvalue weighted by Crippen LogP contribution is 2.11. The fraction of sp³-hybridized carbons (Fsp3) is 0.429. The minimum atomic E-state index is 1.20. The Labute approximate surface area is 175 Å². The summed E-state index contributed by atoms with van der Waals surface area (Å²) in [5.74, 6) is 0. The summed E-state index contributed by atoms with van der Waals surface area (Å²) in [4.78, 5) is 0. The first-order valence-electron chi connectivity index (χ1n) is 11.2. The highest BCUT2D eigenvalue weighted by atomic mass is 14.0. The van der Waals surface area contributed by atoms with Crippen molar-refractivity contribution in [2.45, 2.75) is 77.6 Å². The maximum atomic E-state index is 3.62. The molecular formula is C28H42. The molecule has 0 N–H and O–H groups in total. The van der Waals surface area contributed by atoms with Gasteiger partial charge >= 0.3 is 0 Å². The first kappa shape index (κ1) is 25.9. The topological polar surface area (TPSA) is 0 Å². The zero-order chi connectivity index (χ0) is 20.4. The smallest absolute Gasteiger partial charge is 0.0348 e. The minimum absolute atomic E-state index is 1.20. The number of allylic oxidation sites excluding steroid dienone is 15. The minimum Gasteiger partial charge on any atom is -0.0991 e. The van der Waals surface area contributed by atoms with Crippen molar-refractivity contribution in [2.24, 2.45) is 0 Å². The van der Waals surface area contributed by atoms with Crippen molar-refractivity contribution in [3.05, 3.63) is 97.7 Å². The van der Waals surface area contributed by atoms with Gasteiger partial charge in [0.1, 0.15) is 0 Å². The summed E-state index contributed by atoms with van der Waals surface area (Å²) < 4.78 is 0. The molecule has 0 bridgehead atoms. The molecule has 0 saturated heterocycles. The van der Waals surface area contributed by atoms with Gasteiger partial charge in [-0.25, -0.2) is 0 Å². The van der Waals surface area contributed by atoms with Crippen LogP contribution in [0.4, 0.5) is 0 Å². The van der Waals surface area contributed by atoms with E-state index in [1.807, 2.05) is 54.7 Å². The maximum Gasteiger partial charge on any atom is -0.0348 e. The second-order valence-electron chi connectivity index (χ2n) is 6.94. The van der Waals surface area contributed by atoms with Crippen molar-refractivity contribution in [1.29, 1.82) is 0 Å². The SMILES string of the molecule is C=C/C=C/C=C/C=C/C=C/C=C/C=C/C=C/CCCCCCCCCCCC. The molecule has 0 aliphatic carbocycles. The Hall–Kier alpha value is -2.08. The number of hydrogen-bond acceptors (Lipinski definition) is 0. The van der Waals surface area contributed by atoms with Gasteiger partial charge in [-0.1, -0.05) is 162 Å². The van der Waals surface area contributed by atoms with E-state index in [1.54, 1.807) is 6.08 Å². The molecule has 0 rings (SSSR count). The van der Waals surface area contributed by atoms with Crippen molar-refractivity contribution in [3.63, 3.8) is 0 Å². The van der Waals surface area contributed by atoms with Crippen molar-refractivity contribution in [2.75, 3.05) is 0 Å². The third kappa shape index (κ3) is 23.9. The van der Waals surface area contributed by atoms with Gasteiger partial charge in [0.05, 0.1) is 0 Å². The lowest BCUT2D eigenvalue weighted by Gasteiger charge is -2.01. The molecule has 0 nitrogen and oxygen atoms in total. The molecule has 0 aliphatic heterocycles. The van der Waals surface area contributed by atoms with Crippen LogP contribution in [-0.4, -0.2) is 0 Å². The molecule has 28 heavy (non-hydrogen) atoms. The predicted octanol–water partition coefficient (Wildman–Crippen LogP) is 9.38. The summed E-state index contributed by atoms with van der Waals surface area (Å²) in [6, 6.07) is 0. The van der Waals surface area contributed by atoms with E-state index in [0.29, 0.717) is 0 Å². The van der Waals surface area contributed by atoms with Gasteiger partial charge in [0.15, 0.2) is 0 Å². The summed E-state index contributed by atoms with van der Waals surface area (Å²) >= 11 is 0. The third-order valence-electron chi connectivity index (χ3n) is 4.33. The largest absolute Gasteiger partial charge is 0.0991 e. The molecule has 0 saturated carbocycles. The molecular weight excluding hydrogens is 336 g/mol. The van der Waals surface area contributed by atoms with Gasteiger partial charge in [0.25, 0.3) is 0 Å². The molecule has 154 valence electrons. The van der Waals surface area contributed by atoms with Crippen molar-refractivity contribution in [3.8, 4) is 0 Å². The van der Waals surface area contributed by atoms with Crippen LogP contribution in [0.2, 0.25) is 0 Å². The zero-order valence-electron chi connectivity index (χ0n) is 18.1. The van der Waals surface area contributed by atoms with E-state index in [-0.39, 0.29) is 0 Å². The summed E-state index contributed by atoms with van der Waals surface area (Å²) in [5, 5.41) is 0. The van der Waals surface area contributed by atoms with Gasteiger partial charge in [-0.2, -0.15) is 0 Å². The second kappa shape index (κ2) is 24.9. The standard InChI is InChI=1S/C28H42/c1-3-5-7-9-11-13-15-17-19-21-23-25-27-28-26-24-22-20-18-16-14-12-10-8-6-4-2/h3,5,7,9,11,13,15,17,19,21,23,25-28H,1,4,6,8,10,12,14,16,18,20,22,24H2,2H3/b7-5+,11-9+,15-13+,19-17+,23-21+,27-25+,28-26+. The molecule has 0 aliphatic rings. The van der Waals surface area contributed by atoms with Gasteiger partial charge in [0.2, 0.25) is 0 Å². The second-order valence-corrected chi connectivity index (χ2v) is 6.94. The molecule has 0 aromatic rings. The first-order valence-corrected chi connectivity index (χ1v) is 11.2. The van der Waals surface area contributed by atoms with E-state index >= 15 is 0 Å². The highest BCUT2D eigenvalue weighted by Gasteiger charge is 1.91. The molecule has 0 atom stereocenters. The van der Waals surface area contributed by atoms with Crippen LogP contribution in [0.1, 0.15) is 77.6 Å². The quantitative estimate of drug-likeness (QED) is 0.164. The Kier molecular flexibility index (Phi) is 23.1. The van der Waals surface area contributed by atoms with Gasteiger partial charge in [-0.05, 0) is 12.8 Å². The average molecular weight is 379 g/mol. The molecule has 0 heteroatoms. The molecule has 0 spiro atoms. The van der Waals surface area contributed by atoms with E-state index < -0.39 is 0 Å². The predicted molar refractivity (Wildman–Crippen MR) is 131 cm³/mol. The number of rotatable bonds is 18. The van der Waals surface area contributed by atoms with E-state index in [0.717, 1.165) is 0 Å². The summed E-state index contributed by atoms with van der Waals surface area (Å²) in [6.45, 7) is 5.90. The maximum absolute atomic E-state index is 3.62. The molecule has 0 heterocycles. The Morgan fingerprint density at radius 2 is 0.786 bits per heavy atom. The van der Waals surface area contributed by atoms with Crippen LogP contribution in [-0.2, 0) is 0 Å².